The van der Waals surface area contributed by atoms with Crippen LogP contribution < -0.4 is 10.9 Å². The van der Waals surface area contributed by atoms with Crippen LogP contribution in [0.2, 0.25) is 5.02 Å². The lowest BCUT2D eigenvalue weighted by Crippen LogP contribution is -2.27. The largest absolute Gasteiger partial charge is 0.355 e. The van der Waals surface area contributed by atoms with Crippen LogP contribution in [0.1, 0.15) is 20.3 Å². The van der Waals surface area contributed by atoms with E-state index in [1.165, 1.54) is 11.8 Å². The van der Waals surface area contributed by atoms with Crippen LogP contribution in [0.25, 0.3) is 10.9 Å². The molecule has 4 nitrogen and oxygen atoms in total. The van der Waals surface area contributed by atoms with Gasteiger partial charge in [-0.25, -0.2) is 0 Å². The maximum Gasteiger partial charge on any atom is 0.251 e. The average molecular weight is 353 g/mol. The predicted molar refractivity (Wildman–Crippen MR) is 97.4 cm³/mol. The van der Waals surface area contributed by atoms with Crippen molar-refractivity contribution in [3.63, 3.8) is 0 Å². The Balaban J connectivity index is 2.13. The molecule has 1 heterocycles. The van der Waals surface area contributed by atoms with Crippen molar-refractivity contribution in [1.82, 2.24) is 9.88 Å². The van der Waals surface area contributed by atoms with Gasteiger partial charge in [-0.3, -0.25) is 9.59 Å². The Labute approximate surface area is 145 Å². The van der Waals surface area contributed by atoms with Gasteiger partial charge in [-0.1, -0.05) is 31.5 Å². The van der Waals surface area contributed by atoms with Gasteiger partial charge in [0, 0.05) is 35.0 Å². The summed E-state index contributed by atoms with van der Waals surface area (Å²) in [6, 6.07) is 7.02. The second-order valence-electron chi connectivity index (χ2n) is 5.89. The molecule has 0 unspecified atom stereocenters. The molecule has 1 aromatic carbocycles. The van der Waals surface area contributed by atoms with E-state index in [1.54, 1.807) is 29.8 Å². The summed E-state index contributed by atoms with van der Waals surface area (Å²) in [5, 5.41) is 4.41. The Kier molecular flexibility index (Phi) is 6.13. The molecule has 0 saturated heterocycles. The molecule has 23 heavy (non-hydrogen) atoms. The third-order valence-electron chi connectivity index (χ3n) is 3.57. The predicted octanol–water partition coefficient (Wildman–Crippen LogP) is 3.45. The molecule has 0 bridgehead atoms. The zero-order valence-electron chi connectivity index (χ0n) is 13.6. The normalized spacial score (nSPS) is 11.2. The van der Waals surface area contributed by atoms with Gasteiger partial charge in [-0.15, -0.1) is 11.8 Å². The van der Waals surface area contributed by atoms with Gasteiger partial charge in [0.15, 0.2) is 0 Å². The molecule has 0 aliphatic heterocycles. The number of aromatic nitrogens is 1. The highest BCUT2D eigenvalue weighted by molar-refractivity contribution is 8.00. The molecular weight excluding hydrogens is 332 g/mol. The van der Waals surface area contributed by atoms with Crippen LogP contribution in [-0.2, 0) is 11.8 Å². The number of carbonyl (C=O) groups excluding carboxylic acids is 1. The summed E-state index contributed by atoms with van der Waals surface area (Å²) >= 11 is 7.40. The maximum atomic E-state index is 12.1. The zero-order chi connectivity index (χ0) is 17.0. The quantitative estimate of drug-likeness (QED) is 0.810. The van der Waals surface area contributed by atoms with Crippen molar-refractivity contribution in [1.29, 1.82) is 0 Å². The molecule has 0 fully saturated rings. The van der Waals surface area contributed by atoms with E-state index in [4.69, 9.17) is 11.6 Å². The van der Waals surface area contributed by atoms with E-state index in [1.807, 2.05) is 6.07 Å². The highest BCUT2D eigenvalue weighted by Crippen LogP contribution is 2.28. The number of amides is 1. The van der Waals surface area contributed by atoms with Gasteiger partial charge in [-0.05, 0) is 24.5 Å². The topological polar surface area (TPSA) is 51.1 Å². The molecule has 2 aromatic rings. The molecular formula is C17H21ClN2O2S. The number of pyridine rings is 1. The Bertz CT molecular complexity index is 771. The van der Waals surface area contributed by atoms with Crippen molar-refractivity contribution in [3.05, 3.63) is 39.6 Å². The van der Waals surface area contributed by atoms with Crippen LogP contribution in [0.4, 0.5) is 0 Å². The molecule has 1 aromatic heterocycles. The van der Waals surface area contributed by atoms with Gasteiger partial charge in [-0.2, -0.15) is 0 Å². The standard InChI is InChI=1S/C17H21ClN2O2S/c1-11(2)6-7-19-16(21)10-23-15-9-17(22)20(3)14-8-12(18)4-5-13(14)15/h4-5,8-9,11H,6-7,10H2,1-3H3,(H,19,21). The first-order chi connectivity index (χ1) is 10.9. The van der Waals surface area contributed by atoms with Crippen molar-refractivity contribution in [2.75, 3.05) is 12.3 Å². The third-order valence-corrected chi connectivity index (χ3v) is 4.86. The zero-order valence-corrected chi connectivity index (χ0v) is 15.1. The van der Waals surface area contributed by atoms with Gasteiger partial charge in [0.25, 0.3) is 5.56 Å². The SMILES string of the molecule is CC(C)CCNC(=O)CSc1cc(=O)n(C)c2cc(Cl)ccc12. The van der Waals surface area contributed by atoms with Gasteiger partial charge in [0.1, 0.15) is 0 Å². The number of rotatable bonds is 6. The molecule has 6 heteroatoms. The molecule has 0 aliphatic carbocycles. The van der Waals surface area contributed by atoms with Crippen LogP contribution in [0.15, 0.2) is 34.0 Å². The van der Waals surface area contributed by atoms with Crippen LogP contribution in [0.3, 0.4) is 0 Å². The van der Waals surface area contributed by atoms with E-state index >= 15 is 0 Å². The minimum absolute atomic E-state index is 0.0153. The van der Waals surface area contributed by atoms with Gasteiger partial charge >= 0.3 is 0 Å². The second-order valence-corrected chi connectivity index (χ2v) is 7.34. The summed E-state index contributed by atoms with van der Waals surface area (Å²) in [5.41, 5.74) is 0.662. The summed E-state index contributed by atoms with van der Waals surface area (Å²) in [6.07, 6.45) is 0.962. The molecule has 124 valence electrons. The van der Waals surface area contributed by atoms with E-state index in [-0.39, 0.29) is 11.5 Å². The maximum absolute atomic E-state index is 12.1. The fourth-order valence-corrected chi connectivity index (χ4v) is 3.28. The molecule has 1 amide bonds. The highest BCUT2D eigenvalue weighted by Gasteiger charge is 2.10. The number of nitrogens with zero attached hydrogens (tertiary/aromatic N) is 1. The number of hydrogen-bond donors (Lipinski definition) is 1. The van der Waals surface area contributed by atoms with Crippen molar-refractivity contribution < 1.29 is 4.79 Å². The molecule has 1 N–H and O–H groups in total. The lowest BCUT2D eigenvalue weighted by atomic mass is 10.1. The first kappa shape index (κ1) is 17.9. The number of thioether (sulfide) groups is 1. The Morgan fingerprint density at radius 2 is 2.09 bits per heavy atom. The lowest BCUT2D eigenvalue weighted by molar-refractivity contribution is -0.118. The first-order valence-electron chi connectivity index (χ1n) is 7.57. The number of fused-ring (bicyclic) bond motifs is 1. The molecule has 2 rings (SSSR count). The van der Waals surface area contributed by atoms with Crippen molar-refractivity contribution >= 4 is 40.2 Å². The Morgan fingerprint density at radius 1 is 1.35 bits per heavy atom. The van der Waals surface area contributed by atoms with Gasteiger partial charge < -0.3 is 9.88 Å². The van der Waals surface area contributed by atoms with E-state index in [2.05, 4.69) is 19.2 Å². The van der Waals surface area contributed by atoms with Crippen LogP contribution in [-0.4, -0.2) is 22.8 Å². The molecule has 0 radical (unpaired) electrons. The number of benzene rings is 1. The third kappa shape index (κ3) is 4.75. The summed E-state index contributed by atoms with van der Waals surface area (Å²) in [6.45, 7) is 4.93. The van der Waals surface area contributed by atoms with E-state index < -0.39 is 0 Å². The monoisotopic (exact) mass is 352 g/mol. The number of carbonyl (C=O) groups is 1. The molecule has 0 aliphatic rings. The summed E-state index contributed by atoms with van der Waals surface area (Å²) in [7, 11) is 1.72. The molecule has 0 atom stereocenters. The number of halogens is 1. The van der Waals surface area contributed by atoms with Crippen molar-refractivity contribution in [3.8, 4) is 0 Å². The van der Waals surface area contributed by atoms with Crippen molar-refractivity contribution in [2.45, 2.75) is 25.2 Å². The van der Waals surface area contributed by atoms with Gasteiger partial charge in [0.05, 0.1) is 11.3 Å². The minimum Gasteiger partial charge on any atom is -0.355 e. The first-order valence-corrected chi connectivity index (χ1v) is 8.93. The number of aryl methyl sites for hydroxylation is 1. The molecule has 0 spiro atoms. The van der Waals surface area contributed by atoms with Crippen LogP contribution >= 0.6 is 23.4 Å². The fourth-order valence-electron chi connectivity index (χ4n) is 2.21. The van der Waals surface area contributed by atoms with E-state index in [0.29, 0.717) is 23.2 Å². The summed E-state index contributed by atoms with van der Waals surface area (Å²) in [5.74, 6) is 0.843. The van der Waals surface area contributed by atoms with Gasteiger partial charge in [0.2, 0.25) is 5.91 Å². The average Bonchev–Trinajstić information content (AvgIpc) is 2.49. The van der Waals surface area contributed by atoms with Crippen LogP contribution in [0.5, 0.6) is 0 Å². The fraction of sp³-hybridized carbons (Fsp3) is 0.412. The Morgan fingerprint density at radius 3 is 2.78 bits per heavy atom. The second kappa shape index (κ2) is 7.88. The Hall–Kier alpha value is -1.46. The molecule has 0 saturated carbocycles. The number of nitrogens with one attached hydrogen (secondary N) is 1. The summed E-state index contributed by atoms with van der Waals surface area (Å²) < 4.78 is 1.56. The minimum atomic E-state index is -0.109. The van der Waals surface area contributed by atoms with Crippen LogP contribution in [0, 0.1) is 5.92 Å². The van der Waals surface area contributed by atoms with E-state index in [9.17, 15) is 9.59 Å². The van der Waals surface area contributed by atoms with Crippen molar-refractivity contribution in [2.24, 2.45) is 13.0 Å². The lowest BCUT2D eigenvalue weighted by Gasteiger charge is -2.11. The highest BCUT2D eigenvalue weighted by atomic mass is 35.5. The smallest absolute Gasteiger partial charge is 0.251 e. The summed E-state index contributed by atoms with van der Waals surface area (Å²) in [4.78, 5) is 24.8. The van der Waals surface area contributed by atoms with E-state index in [0.717, 1.165) is 22.2 Å². The number of hydrogen-bond acceptors (Lipinski definition) is 3.